The molecule has 8 heteroatoms. The maximum atomic E-state index is 12.2. The molecule has 0 radical (unpaired) electrons. The summed E-state index contributed by atoms with van der Waals surface area (Å²) in [5.74, 6) is 1.96. The van der Waals surface area contributed by atoms with E-state index < -0.39 is 0 Å². The molecule has 0 atom stereocenters. The van der Waals surface area contributed by atoms with Gasteiger partial charge in [0.1, 0.15) is 5.76 Å². The number of hydrogen-bond donors (Lipinski definition) is 1. The van der Waals surface area contributed by atoms with Crippen LogP contribution in [0.1, 0.15) is 28.5 Å². The first-order chi connectivity index (χ1) is 13.5. The molecule has 4 heterocycles. The van der Waals surface area contributed by atoms with Gasteiger partial charge in [0, 0.05) is 29.7 Å². The van der Waals surface area contributed by atoms with Crippen molar-refractivity contribution in [1.82, 2.24) is 29.6 Å². The number of carbonyl (C=O) groups excluding carboxylic acids is 1. The normalized spacial score (nSPS) is 11.5. The summed E-state index contributed by atoms with van der Waals surface area (Å²) < 4.78 is 9.01. The van der Waals surface area contributed by atoms with E-state index in [1.807, 2.05) is 66.3 Å². The number of amides is 1. The summed E-state index contributed by atoms with van der Waals surface area (Å²) in [5, 5.41) is 15.1. The van der Waals surface area contributed by atoms with Crippen LogP contribution in [-0.4, -0.2) is 30.2 Å². The van der Waals surface area contributed by atoms with Crippen molar-refractivity contribution in [2.75, 3.05) is 0 Å². The lowest BCUT2D eigenvalue weighted by atomic mass is 10.2. The minimum absolute atomic E-state index is 0.199. The van der Waals surface area contributed by atoms with Gasteiger partial charge in [-0.3, -0.25) is 13.8 Å². The largest absolute Gasteiger partial charge is 0.360 e. The van der Waals surface area contributed by atoms with Gasteiger partial charge in [0.25, 0.3) is 0 Å². The predicted molar refractivity (Wildman–Crippen MR) is 104 cm³/mol. The molecule has 0 spiro atoms. The summed E-state index contributed by atoms with van der Waals surface area (Å²) in [6.45, 7) is 6.13. The van der Waals surface area contributed by atoms with Crippen molar-refractivity contribution >= 4 is 17.6 Å². The second kappa shape index (κ2) is 7.15. The zero-order valence-corrected chi connectivity index (χ0v) is 15.9. The molecule has 0 saturated carbocycles. The number of hydrogen-bond acceptors (Lipinski definition) is 5. The summed E-state index contributed by atoms with van der Waals surface area (Å²) in [6, 6.07) is 9.54. The Hall–Kier alpha value is -3.68. The van der Waals surface area contributed by atoms with E-state index in [4.69, 9.17) is 4.52 Å². The molecule has 0 aliphatic carbocycles. The van der Waals surface area contributed by atoms with E-state index in [1.165, 1.54) is 6.08 Å². The molecule has 142 valence electrons. The summed E-state index contributed by atoms with van der Waals surface area (Å²) >= 11 is 0. The third-order valence-electron chi connectivity index (χ3n) is 4.53. The molecule has 0 fully saturated rings. The second-order valence-electron chi connectivity index (χ2n) is 6.55. The fourth-order valence-corrected chi connectivity index (χ4v) is 3.17. The Morgan fingerprint density at radius 3 is 2.86 bits per heavy atom. The predicted octanol–water partition coefficient (Wildman–Crippen LogP) is 2.76. The molecule has 4 aromatic heterocycles. The molecule has 1 amide bonds. The molecular weight excluding hydrogens is 356 g/mol. The van der Waals surface area contributed by atoms with Crippen LogP contribution in [0.25, 0.3) is 17.5 Å². The fraction of sp³-hybridized carbons (Fsp3) is 0.200. The molecule has 28 heavy (non-hydrogen) atoms. The van der Waals surface area contributed by atoms with Gasteiger partial charge in [-0.1, -0.05) is 11.2 Å². The molecule has 0 aliphatic rings. The fourth-order valence-electron chi connectivity index (χ4n) is 3.17. The van der Waals surface area contributed by atoms with Gasteiger partial charge in [0.2, 0.25) is 5.91 Å². The van der Waals surface area contributed by atoms with Gasteiger partial charge in [-0.15, -0.1) is 10.2 Å². The molecule has 0 aromatic carbocycles. The van der Waals surface area contributed by atoms with Gasteiger partial charge in [-0.05, 0) is 50.6 Å². The number of pyridine rings is 1. The highest BCUT2D eigenvalue weighted by Gasteiger charge is 2.12. The Kier molecular flexibility index (Phi) is 4.52. The van der Waals surface area contributed by atoms with Crippen LogP contribution in [0.2, 0.25) is 0 Å². The van der Waals surface area contributed by atoms with Crippen molar-refractivity contribution in [2.24, 2.45) is 0 Å². The number of nitrogens with zero attached hydrogens (tertiary/aromatic N) is 5. The number of rotatable bonds is 5. The number of nitrogens with one attached hydrogen (secondary N) is 1. The van der Waals surface area contributed by atoms with Crippen molar-refractivity contribution in [3.05, 3.63) is 71.1 Å². The molecule has 1 N–H and O–H groups in total. The van der Waals surface area contributed by atoms with Crippen molar-refractivity contribution in [2.45, 2.75) is 27.3 Å². The molecule has 0 saturated heterocycles. The van der Waals surface area contributed by atoms with Gasteiger partial charge in [-0.25, -0.2) is 0 Å². The maximum absolute atomic E-state index is 12.2. The summed E-state index contributed by atoms with van der Waals surface area (Å²) in [5.41, 5.74) is 3.69. The van der Waals surface area contributed by atoms with Crippen LogP contribution >= 0.6 is 0 Å². The van der Waals surface area contributed by atoms with E-state index >= 15 is 0 Å². The second-order valence-corrected chi connectivity index (χ2v) is 6.55. The Morgan fingerprint density at radius 1 is 1.21 bits per heavy atom. The Morgan fingerprint density at radius 2 is 2.07 bits per heavy atom. The minimum Gasteiger partial charge on any atom is -0.360 e. The first-order valence-corrected chi connectivity index (χ1v) is 8.90. The van der Waals surface area contributed by atoms with Crippen LogP contribution in [0.15, 0.2) is 47.1 Å². The third-order valence-corrected chi connectivity index (χ3v) is 4.53. The zero-order valence-electron chi connectivity index (χ0n) is 15.9. The van der Waals surface area contributed by atoms with Crippen molar-refractivity contribution in [3.63, 3.8) is 0 Å². The smallest absolute Gasteiger partial charge is 0.244 e. The Bertz CT molecular complexity index is 1180. The van der Waals surface area contributed by atoms with Gasteiger partial charge >= 0.3 is 0 Å². The van der Waals surface area contributed by atoms with Crippen LogP contribution in [-0.2, 0) is 11.3 Å². The van der Waals surface area contributed by atoms with Gasteiger partial charge in [-0.2, -0.15) is 0 Å². The molecule has 0 unspecified atom stereocenters. The number of carbonyl (C=O) groups is 1. The lowest BCUT2D eigenvalue weighted by Crippen LogP contribution is -2.21. The standard InChI is InChI=1S/C20H20N6O2/c1-13-10-16(15(3)26(13)18-11-14(2)28-24-18)7-8-20(27)21-12-19-23-22-17-6-4-5-9-25(17)19/h4-11H,12H2,1-3H3,(H,21,27). The maximum Gasteiger partial charge on any atom is 0.244 e. The number of aromatic nitrogens is 5. The van der Waals surface area contributed by atoms with E-state index in [9.17, 15) is 4.79 Å². The van der Waals surface area contributed by atoms with Crippen molar-refractivity contribution in [3.8, 4) is 5.82 Å². The highest BCUT2D eigenvalue weighted by atomic mass is 16.5. The van der Waals surface area contributed by atoms with Crippen LogP contribution in [0, 0.1) is 20.8 Å². The topological polar surface area (TPSA) is 90.2 Å². The molecule has 4 rings (SSSR count). The zero-order chi connectivity index (χ0) is 19.7. The lowest BCUT2D eigenvalue weighted by molar-refractivity contribution is -0.116. The van der Waals surface area contributed by atoms with E-state index in [1.54, 1.807) is 6.08 Å². The summed E-state index contributed by atoms with van der Waals surface area (Å²) in [4.78, 5) is 12.2. The minimum atomic E-state index is -0.199. The molecular formula is C20H20N6O2. The monoisotopic (exact) mass is 376 g/mol. The van der Waals surface area contributed by atoms with Crippen molar-refractivity contribution < 1.29 is 9.32 Å². The summed E-state index contributed by atoms with van der Waals surface area (Å²) in [7, 11) is 0. The Labute approximate surface area is 161 Å². The van der Waals surface area contributed by atoms with Crippen LogP contribution in [0.5, 0.6) is 0 Å². The number of fused-ring (bicyclic) bond motifs is 1. The average molecular weight is 376 g/mol. The first-order valence-electron chi connectivity index (χ1n) is 8.90. The van der Waals surface area contributed by atoms with Gasteiger partial charge < -0.3 is 9.84 Å². The Balaban J connectivity index is 1.46. The van der Waals surface area contributed by atoms with Crippen LogP contribution in [0.3, 0.4) is 0 Å². The van der Waals surface area contributed by atoms with E-state index in [2.05, 4.69) is 20.7 Å². The summed E-state index contributed by atoms with van der Waals surface area (Å²) in [6.07, 6.45) is 5.18. The van der Waals surface area contributed by atoms with E-state index in [-0.39, 0.29) is 5.91 Å². The highest BCUT2D eigenvalue weighted by Crippen LogP contribution is 2.21. The van der Waals surface area contributed by atoms with E-state index in [0.29, 0.717) is 12.4 Å². The highest BCUT2D eigenvalue weighted by molar-refractivity contribution is 5.91. The van der Waals surface area contributed by atoms with Gasteiger partial charge in [0.05, 0.1) is 6.54 Å². The first kappa shape index (κ1) is 17.7. The van der Waals surface area contributed by atoms with E-state index in [0.717, 1.165) is 34.2 Å². The molecule has 0 bridgehead atoms. The molecule has 0 aliphatic heterocycles. The van der Waals surface area contributed by atoms with Gasteiger partial charge in [0.15, 0.2) is 17.3 Å². The van der Waals surface area contributed by atoms with Crippen LogP contribution in [0.4, 0.5) is 0 Å². The quantitative estimate of drug-likeness (QED) is 0.541. The van der Waals surface area contributed by atoms with Crippen LogP contribution < -0.4 is 5.32 Å². The van der Waals surface area contributed by atoms with Crippen molar-refractivity contribution in [1.29, 1.82) is 0 Å². The number of aryl methyl sites for hydroxylation is 2. The molecule has 8 nitrogen and oxygen atoms in total. The lowest BCUT2D eigenvalue weighted by Gasteiger charge is -2.04. The SMILES string of the molecule is Cc1cc(-n2c(C)cc(C=CC(=O)NCc3nnc4ccccn34)c2C)no1. The molecule has 4 aromatic rings. The third kappa shape index (κ3) is 3.32. The average Bonchev–Trinajstić information content (AvgIpc) is 3.36.